The monoisotopic (exact) mass is 416 g/mol. The number of hydrogen-bond acceptors (Lipinski definition) is 6. The summed E-state index contributed by atoms with van der Waals surface area (Å²) in [7, 11) is 0. The van der Waals surface area contributed by atoms with E-state index in [4.69, 9.17) is 15.1 Å². The predicted molar refractivity (Wildman–Crippen MR) is 119 cm³/mol. The highest BCUT2D eigenvalue weighted by Crippen LogP contribution is 2.29. The first-order chi connectivity index (χ1) is 15.1. The number of tetrazole rings is 1. The van der Waals surface area contributed by atoms with Crippen LogP contribution < -0.4 is 0 Å². The van der Waals surface area contributed by atoms with Crippen LogP contribution >= 0.6 is 0 Å². The molecule has 0 radical (unpaired) electrons. The van der Waals surface area contributed by atoms with Crippen LogP contribution in [-0.4, -0.2) is 40.4 Å². The zero-order chi connectivity index (χ0) is 21.6. The van der Waals surface area contributed by atoms with Crippen LogP contribution in [0.3, 0.4) is 0 Å². The van der Waals surface area contributed by atoms with Crippen molar-refractivity contribution in [3.05, 3.63) is 59.9 Å². The van der Waals surface area contributed by atoms with Crippen molar-refractivity contribution in [1.29, 1.82) is 0 Å². The molecule has 31 heavy (non-hydrogen) atoms. The number of aromatic nitrogens is 8. The molecule has 1 aromatic carbocycles. The smallest absolute Gasteiger partial charge is 0.180 e. The van der Waals surface area contributed by atoms with Crippen molar-refractivity contribution in [2.75, 3.05) is 0 Å². The highest BCUT2D eigenvalue weighted by atomic mass is 15.5. The van der Waals surface area contributed by atoms with E-state index in [0.29, 0.717) is 18.3 Å². The summed E-state index contributed by atoms with van der Waals surface area (Å²) in [4.78, 5) is 9.50. The second-order valence-corrected chi connectivity index (χ2v) is 8.14. The standard InChI is InChI=1S/C23H28N8/c1-4-5-10-22-25-21(13-16(2)3)28-31(22)15-18-12-11-17(14-24-18)19-8-6-7-9-20(19)23-26-29-30-27-23/h6-9,11-12,14,16H,4-5,10,13,15H2,1-3H3,(H,26,27,29,30). The maximum Gasteiger partial charge on any atom is 0.180 e. The molecule has 0 unspecified atom stereocenters. The van der Waals surface area contributed by atoms with Crippen LogP contribution in [0, 0.1) is 5.92 Å². The Morgan fingerprint density at radius 2 is 1.90 bits per heavy atom. The summed E-state index contributed by atoms with van der Waals surface area (Å²) in [5.41, 5.74) is 3.95. The highest BCUT2D eigenvalue weighted by Gasteiger charge is 2.13. The molecule has 3 heterocycles. The number of H-pyrrole nitrogens is 1. The second kappa shape index (κ2) is 9.59. The largest absolute Gasteiger partial charge is 0.259 e. The minimum atomic E-state index is 0.534. The molecule has 4 aromatic rings. The molecule has 0 bridgehead atoms. The Kier molecular flexibility index (Phi) is 6.45. The minimum absolute atomic E-state index is 0.534. The van der Waals surface area contributed by atoms with Gasteiger partial charge in [0.05, 0.1) is 12.2 Å². The Balaban J connectivity index is 1.57. The van der Waals surface area contributed by atoms with E-state index in [2.05, 4.69) is 53.5 Å². The van der Waals surface area contributed by atoms with E-state index in [1.54, 1.807) is 0 Å². The highest BCUT2D eigenvalue weighted by molar-refractivity contribution is 5.79. The maximum atomic E-state index is 4.79. The summed E-state index contributed by atoms with van der Waals surface area (Å²) in [6.45, 7) is 7.21. The molecular formula is C23H28N8. The van der Waals surface area contributed by atoms with Crippen molar-refractivity contribution in [2.24, 2.45) is 5.92 Å². The third kappa shape index (κ3) is 5.02. The number of rotatable bonds is 9. The minimum Gasteiger partial charge on any atom is -0.259 e. The lowest BCUT2D eigenvalue weighted by Crippen LogP contribution is -2.08. The quantitative estimate of drug-likeness (QED) is 0.441. The van der Waals surface area contributed by atoms with Crippen molar-refractivity contribution >= 4 is 0 Å². The van der Waals surface area contributed by atoms with Gasteiger partial charge in [-0.05, 0) is 34.4 Å². The number of pyridine rings is 1. The predicted octanol–water partition coefficient (Wildman–Crippen LogP) is 4.11. The van der Waals surface area contributed by atoms with Crippen molar-refractivity contribution < 1.29 is 0 Å². The molecule has 8 heteroatoms. The number of hydrogen-bond donors (Lipinski definition) is 1. The lowest BCUT2D eigenvalue weighted by Gasteiger charge is -2.09. The SMILES string of the molecule is CCCCc1nc(CC(C)C)nn1Cc1ccc(-c2ccccc2-c2nnn[nH]2)cn1. The van der Waals surface area contributed by atoms with Crippen LogP contribution in [-0.2, 0) is 19.4 Å². The van der Waals surface area contributed by atoms with Gasteiger partial charge in [0.25, 0.3) is 0 Å². The topological polar surface area (TPSA) is 98.1 Å². The molecule has 0 aliphatic carbocycles. The van der Waals surface area contributed by atoms with Gasteiger partial charge in [-0.2, -0.15) is 5.10 Å². The fraction of sp³-hybridized carbons (Fsp3) is 0.391. The first-order valence-corrected chi connectivity index (χ1v) is 10.8. The summed E-state index contributed by atoms with van der Waals surface area (Å²) in [6.07, 6.45) is 5.98. The normalized spacial score (nSPS) is 11.4. The van der Waals surface area contributed by atoms with Gasteiger partial charge in [0.2, 0.25) is 0 Å². The molecule has 4 rings (SSSR count). The van der Waals surface area contributed by atoms with E-state index in [1.807, 2.05) is 35.1 Å². The van der Waals surface area contributed by atoms with Gasteiger partial charge in [0.1, 0.15) is 5.82 Å². The molecule has 0 aliphatic heterocycles. The Morgan fingerprint density at radius 1 is 1.06 bits per heavy atom. The Hall–Kier alpha value is -3.42. The van der Waals surface area contributed by atoms with E-state index in [9.17, 15) is 0 Å². The van der Waals surface area contributed by atoms with Gasteiger partial charge in [0, 0.05) is 30.2 Å². The van der Waals surface area contributed by atoms with Gasteiger partial charge in [-0.3, -0.25) is 4.98 Å². The van der Waals surface area contributed by atoms with Crippen LogP contribution in [0.4, 0.5) is 0 Å². The van der Waals surface area contributed by atoms with E-state index < -0.39 is 0 Å². The zero-order valence-electron chi connectivity index (χ0n) is 18.3. The number of nitrogens with zero attached hydrogens (tertiary/aromatic N) is 7. The first-order valence-electron chi connectivity index (χ1n) is 10.8. The number of nitrogens with one attached hydrogen (secondary N) is 1. The molecule has 0 saturated carbocycles. The molecule has 0 saturated heterocycles. The molecule has 0 aliphatic rings. The third-order valence-corrected chi connectivity index (χ3v) is 5.11. The lowest BCUT2D eigenvalue weighted by atomic mass is 10.0. The fourth-order valence-electron chi connectivity index (χ4n) is 3.57. The van der Waals surface area contributed by atoms with Crippen LogP contribution in [0.1, 0.15) is 51.0 Å². The molecule has 3 aromatic heterocycles. The number of unbranched alkanes of at least 4 members (excludes halogenated alkanes) is 1. The zero-order valence-corrected chi connectivity index (χ0v) is 18.3. The van der Waals surface area contributed by atoms with Crippen molar-refractivity contribution in [1.82, 2.24) is 40.4 Å². The van der Waals surface area contributed by atoms with Crippen LogP contribution in [0.2, 0.25) is 0 Å². The lowest BCUT2D eigenvalue weighted by molar-refractivity contribution is 0.587. The van der Waals surface area contributed by atoms with Crippen LogP contribution in [0.25, 0.3) is 22.5 Å². The van der Waals surface area contributed by atoms with Gasteiger partial charge < -0.3 is 0 Å². The molecule has 0 amide bonds. The van der Waals surface area contributed by atoms with Gasteiger partial charge in [-0.25, -0.2) is 14.8 Å². The summed E-state index contributed by atoms with van der Waals surface area (Å²) >= 11 is 0. The summed E-state index contributed by atoms with van der Waals surface area (Å²) < 4.78 is 2.02. The first kappa shape index (κ1) is 20.8. The molecule has 160 valence electrons. The number of benzene rings is 1. The van der Waals surface area contributed by atoms with Crippen LogP contribution in [0.5, 0.6) is 0 Å². The fourth-order valence-corrected chi connectivity index (χ4v) is 3.57. The molecule has 0 fully saturated rings. The van der Waals surface area contributed by atoms with E-state index in [1.165, 1.54) is 0 Å². The van der Waals surface area contributed by atoms with Gasteiger partial charge in [-0.15, -0.1) is 5.10 Å². The van der Waals surface area contributed by atoms with E-state index in [0.717, 1.165) is 59.7 Å². The molecular weight excluding hydrogens is 388 g/mol. The molecule has 1 N–H and O–H groups in total. The Morgan fingerprint density at radius 3 is 2.58 bits per heavy atom. The average Bonchev–Trinajstić information content (AvgIpc) is 3.43. The van der Waals surface area contributed by atoms with Gasteiger partial charge >= 0.3 is 0 Å². The summed E-state index contributed by atoms with van der Waals surface area (Å²) in [5.74, 6) is 3.14. The maximum absolute atomic E-state index is 4.79. The van der Waals surface area contributed by atoms with Crippen molar-refractivity contribution in [2.45, 2.75) is 53.0 Å². The second-order valence-electron chi connectivity index (χ2n) is 8.14. The van der Waals surface area contributed by atoms with Gasteiger partial charge in [-0.1, -0.05) is 57.5 Å². The number of aromatic amines is 1. The van der Waals surface area contributed by atoms with Gasteiger partial charge in [0.15, 0.2) is 11.6 Å². The van der Waals surface area contributed by atoms with Crippen LogP contribution in [0.15, 0.2) is 42.6 Å². The van der Waals surface area contributed by atoms with E-state index >= 15 is 0 Å². The number of aryl methyl sites for hydroxylation is 1. The van der Waals surface area contributed by atoms with E-state index in [-0.39, 0.29) is 0 Å². The van der Waals surface area contributed by atoms with Crippen molar-refractivity contribution in [3.8, 4) is 22.5 Å². The average molecular weight is 417 g/mol. The molecule has 0 atom stereocenters. The molecule has 8 nitrogen and oxygen atoms in total. The summed E-state index contributed by atoms with van der Waals surface area (Å²) in [6, 6.07) is 12.2. The summed E-state index contributed by atoms with van der Waals surface area (Å²) in [5, 5.41) is 19.0. The Bertz CT molecular complexity index is 1100. The third-order valence-electron chi connectivity index (χ3n) is 5.11. The molecule has 0 spiro atoms. The van der Waals surface area contributed by atoms with Crippen molar-refractivity contribution in [3.63, 3.8) is 0 Å². The Labute approximate surface area is 182 Å².